The largest absolute Gasteiger partial charge is 0.351 e. The van der Waals surface area contributed by atoms with Crippen molar-refractivity contribution < 1.29 is 9.59 Å². The summed E-state index contributed by atoms with van der Waals surface area (Å²) >= 11 is 9.02. The van der Waals surface area contributed by atoms with Gasteiger partial charge in [0, 0.05) is 42.1 Å². The Morgan fingerprint density at radius 3 is 2.48 bits per heavy atom. The topological polar surface area (TPSA) is 49.4 Å². The molecule has 0 unspecified atom stereocenters. The number of carbonyl (C=O) groups is 2. The monoisotopic (exact) mass is 422 g/mol. The number of nitrogens with one attached hydrogen (secondary N) is 1. The van der Waals surface area contributed by atoms with Gasteiger partial charge in [-0.15, -0.1) is 11.8 Å². The SMILES string of the molecule is CN(C)C(=O)CSc1ccccc1C(=O)NCCSCc1ccc(Cl)cc1. The molecule has 0 bridgehead atoms. The normalized spacial score (nSPS) is 10.5. The Morgan fingerprint density at radius 2 is 1.78 bits per heavy atom. The average Bonchev–Trinajstić information content (AvgIpc) is 2.67. The van der Waals surface area contributed by atoms with Crippen molar-refractivity contribution in [1.82, 2.24) is 10.2 Å². The Labute approximate surface area is 174 Å². The molecule has 1 N–H and O–H groups in total. The maximum atomic E-state index is 12.5. The highest BCUT2D eigenvalue weighted by Gasteiger charge is 2.13. The predicted molar refractivity (Wildman–Crippen MR) is 116 cm³/mol. The average molecular weight is 423 g/mol. The third-order valence-corrected chi connectivity index (χ3v) is 6.04. The van der Waals surface area contributed by atoms with Crippen molar-refractivity contribution in [2.45, 2.75) is 10.6 Å². The van der Waals surface area contributed by atoms with Crippen LogP contribution in [0.3, 0.4) is 0 Å². The van der Waals surface area contributed by atoms with Gasteiger partial charge in [0.05, 0.1) is 11.3 Å². The van der Waals surface area contributed by atoms with E-state index in [2.05, 4.69) is 5.32 Å². The number of nitrogens with zero attached hydrogens (tertiary/aromatic N) is 1. The van der Waals surface area contributed by atoms with Crippen LogP contribution in [0.25, 0.3) is 0 Å². The van der Waals surface area contributed by atoms with Gasteiger partial charge in [-0.2, -0.15) is 11.8 Å². The van der Waals surface area contributed by atoms with Gasteiger partial charge in [0.15, 0.2) is 0 Å². The summed E-state index contributed by atoms with van der Waals surface area (Å²) in [6.07, 6.45) is 0. The van der Waals surface area contributed by atoms with Gasteiger partial charge in [-0.1, -0.05) is 35.9 Å². The van der Waals surface area contributed by atoms with Crippen LogP contribution in [0.5, 0.6) is 0 Å². The fourth-order valence-corrected chi connectivity index (χ4v) is 4.12. The number of amides is 2. The third-order valence-electron chi connectivity index (χ3n) is 3.70. The molecule has 0 aromatic heterocycles. The highest BCUT2D eigenvalue weighted by Crippen LogP contribution is 2.23. The quantitative estimate of drug-likeness (QED) is 0.486. The zero-order valence-corrected chi connectivity index (χ0v) is 17.8. The second-order valence-electron chi connectivity index (χ2n) is 6.01. The van der Waals surface area contributed by atoms with Crippen molar-refractivity contribution in [2.75, 3.05) is 32.1 Å². The molecule has 0 aliphatic heterocycles. The van der Waals surface area contributed by atoms with Crippen LogP contribution in [0.2, 0.25) is 5.02 Å². The molecule has 0 saturated heterocycles. The van der Waals surface area contributed by atoms with Gasteiger partial charge in [0.25, 0.3) is 5.91 Å². The van der Waals surface area contributed by atoms with Crippen LogP contribution < -0.4 is 5.32 Å². The van der Waals surface area contributed by atoms with E-state index in [1.807, 2.05) is 42.5 Å². The van der Waals surface area contributed by atoms with E-state index in [0.29, 0.717) is 17.9 Å². The number of hydrogen-bond donors (Lipinski definition) is 1. The molecule has 0 atom stereocenters. The van der Waals surface area contributed by atoms with Crippen LogP contribution >= 0.6 is 35.1 Å². The van der Waals surface area contributed by atoms with Gasteiger partial charge < -0.3 is 10.2 Å². The van der Waals surface area contributed by atoms with Crippen molar-refractivity contribution in [2.24, 2.45) is 0 Å². The molecule has 27 heavy (non-hydrogen) atoms. The third kappa shape index (κ3) is 7.48. The molecule has 0 spiro atoms. The molecule has 0 saturated carbocycles. The molecule has 2 rings (SSSR count). The molecule has 2 aromatic carbocycles. The fraction of sp³-hybridized carbons (Fsp3) is 0.300. The van der Waals surface area contributed by atoms with Gasteiger partial charge in [-0.3, -0.25) is 9.59 Å². The van der Waals surface area contributed by atoms with Gasteiger partial charge in [-0.25, -0.2) is 0 Å². The Balaban J connectivity index is 1.78. The van der Waals surface area contributed by atoms with E-state index in [1.165, 1.54) is 17.3 Å². The zero-order valence-electron chi connectivity index (χ0n) is 15.4. The number of thioether (sulfide) groups is 2. The maximum Gasteiger partial charge on any atom is 0.252 e. The lowest BCUT2D eigenvalue weighted by atomic mass is 10.2. The minimum absolute atomic E-state index is 0.0220. The van der Waals surface area contributed by atoms with Gasteiger partial charge >= 0.3 is 0 Å². The van der Waals surface area contributed by atoms with E-state index in [-0.39, 0.29) is 11.8 Å². The molecule has 0 heterocycles. The van der Waals surface area contributed by atoms with E-state index in [0.717, 1.165) is 21.4 Å². The summed E-state index contributed by atoms with van der Waals surface area (Å²) in [7, 11) is 3.45. The second-order valence-corrected chi connectivity index (χ2v) is 8.57. The molecular weight excluding hydrogens is 400 g/mol. The number of benzene rings is 2. The first-order valence-corrected chi connectivity index (χ1v) is 11.0. The molecule has 4 nitrogen and oxygen atoms in total. The first kappa shape index (κ1) is 21.7. The number of hydrogen-bond acceptors (Lipinski definition) is 4. The molecule has 0 aliphatic carbocycles. The number of rotatable bonds is 9. The Hall–Kier alpha value is -1.63. The molecule has 144 valence electrons. The molecule has 2 aromatic rings. The van der Waals surface area contributed by atoms with Crippen LogP contribution in [0, 0.1) is 0 Å². The predicted octanol–water partition coefficient (Wildman–Crippen LogP) is 4.18. The van der Waals surface area contributed by atoms with E-state index >= 15 is 0 Å². The maximum absolute atomic E-state index is 12.5. The minimum atomic E-state index is -0.109. The molecule has 0 radical (unpaired) electrons. The van der Waals surface area contributed by atoms with Crippen LogP contribution in [0.15, 0.2) is 53.4 Å². The molecule has 7 heteroatoms. The van der Waals surface area contributed by atoms with E-state index < -0.39 is 0 Å². The summed E-state index contributed by atoms with van der Waals surface area (Å²) in [5, 5.41) is 3.69. The molecule has 0 fully saturated rings. The van der Waals surface area contributed by atoms with Crippen molar-refractivity contribution in [1.29, 1.82) is 0 Å². The van der Waals surface area contributed by atoms with E-state index in [9.17, 15) is 9.59 Å². The first-order chi connectivity index (χ1) is 13.0. The van der Waals surface area contributed by atoms with Gasteiger partial charge in [-0.05, 0) is 29.8 Å². The molecule has 0 aliphatic rings. The van der Waals surface area contributed by atoms with Crippen LogP contribution in [0.1, 0.15) is 15.9 Å². The van der Waals surface area contributed by atoms with E-state index in [1.54, 1.807) is 36.8 Å². The van der Waals surface area contributed by atoms with Crippen molar-refractivity contribution in [3.8, 4) is 0 Å². The van der Waals surface area contributed by atoms with Crippen LogP contribution in [0.4, 0.5) is 0 Å². The second kappa shape index (κ2) is 11.3. The van der Waals surface area contributed by atoms with Gasteiger partial charge in [0.1, 0.15) is 0 Å². The highest BCUT2D eigenvalue weighted by atomic mass is 35.5. The first-order valence-electron chi connectivity index (χ1n) is 8.49. The summed E-state index contributed by atoms with van der Waals surface area (Å²) in [6.45, 7) is 0.590. The minimum Gasteiger partial charge on any atom is -0.351 e. The molecule has 2 amide bonds. The summed E-state index contributed by atoms with van der Waals surface area (Å²) in [5.41, 5.74) is 1.82. The zero-order chi connectivity index (χ0) is 19.6. The molecular formula is C20H23ClN2O2S2. The Kier molecular flexibility index (Phi) is 9.04. The van der Waals surface area contributed by atoms with Crippen LogP contribution in [-0.2, 0) is 10.5 Å². The number of halogens is 1. The standard InChI is InChI=1S/C20H23ClN2O2S2/c1-23(2)19(24)14-27-18-6-4-3-5-17(18)20(25)22-11-12-26-13-15-7-9-16(21)10-8-15/h3-10H,11-14H2,1-2H3,(H,22,25). The number of carbonyl (C=O) groups excluding carboxylic acids is 2. The van der Waals surface area contributed by atoms with Crippen molar-refractivity contribution in [3.63, 3.8) is 0 Å². The Morgan fingerprint density at radius 1 is 1.07 bits per heavy atom. The Bertz CT molecular complexity index is 767. The lowest BCUT2D eigenvalue weighted by Gasteiger charge is -2.12. The fourth-order valence-electron chi connectivity index (χ4n) is 2.15. The van der Waals surface area contributed by atoms with Crippen LogP contribution in [-0.4, -0.2) is 48.9 Å². The summed E-state index contributed by atoms with van der Waals surface area (Å²) in [6, 6.07) is 15.2. The lowest BCUT2D eigenvalue weighted by molar-refractivity contribution is -0.125. The van der Waals surface area contributed by atoms with Crippen molar-refractivity contribution >= 4 is 46.9 Å². The van der Waals surface area contributed by atoms with Gasteiger partial charge in [0.2, 0.25) is 5.91 Å². The van der Waals surface area contributed by atoms with Crippen molar-refractivity contribution in [3.05, 3.63) is 64.7 Å². The summed E-state index contributed by atoms with van der Waals surface area (Å²) < 4.78 is 0. The highest BCUT2D eigenvalue weighted by molar-refractivity contribution is 8.00. The summed E-state index contributed by atoms with van der Waals surface area (Å²) in [4.78, 5) is 26.6. The summed E-state index contributed by atoms with van der Waals surface area (Å²) in [5.74, 6) is 1.93. The smallest absolute Gasteiger partial charge is 0.252 e. The van der Waals surface area contributed by atoms with E-state index in [4.69, 9.17) is 11.6 Å². The lowest BCUT2D eigenvalue weighted by Crippen LogP contribution is -2.26.